The van der Waals surface area contributed by atoms with Crippen LogP contribution in [0, 0.1) is 11.8 Å². The Balaban J connectivity index is 1.88. The molecule has 0 spiro atoms. The van der Waals surface area contributed by atoms with Gasteiger partial charge >= 0.3 is 5.97 Å². The van der Waals surface area contributed by atoms with Crippen molar-refractivity contribution in [2.75, 3.05) is 6.54 Å². The Morgan fingerprint density at radius 3 is 2.68 bits per heavy atom. The Bertz CT molecular complexity index is 608. The summed E-state index contributed by atoms with van der Waals surface area (Å²) < 4.78 is 1.71. The van der Waals surface area contributed by atoms with Crippen molar-refractivity contribution in [1.29, 1.82) is 0 Å². The highest BCUT2D eigenvalue weighted by Gasteiger charge is 2.50. The lowest BCUT2D eigenvalue weighted by atomic mass is 9.94. The molecule has 3 unspecified atom stereocenters. The number of aryl methyl sites for hydroxylation is 1. The van der Waals surface area contributed by atoms with Gasteiger partial charge in [0.2, 0.25) is 0 Å². The second-order valence-electron chi connectivity index (χ2n) is 6.83. The summed E-state index contributed by atoms with van der Waals surface area (Å²) in [4.78, 5) is 26.0. The van der Waals surface area contributed by atoms with E-state index in [-0.39, 0.29) is 17.7 Å². The first kappa shape index (κ1) is 15.1. The van der Waals surface area contributed by atoms with Crippen molar-refractivity contribution in [3.63, 3.8) is 0 Å². The van der Waals surface area contributed by atoms with Crippen LogP contribution in [0.1, 0.15) is 55.2 Å². The van der Waals surface area contributed by atoms with E-state index in [0.717, 1.165) is 25.0 Å². The number of fused-ring (bicyclic) bond motifs is 1. The SMILES string of the molecule is CC(C)c1cc(C(=O)N2CC3CCCC3C2C(=O)O)nn1C. The van der Waals surface area contributed by atoms with E-state index in [9.17, 15) is 14.7 Å². The largest absolute Gasteiger partial charge is 0.480 e. The number of carboxylic acid groups (broad SMARTS) is 1. The van der Waals surface area contributed by atoms with E-state index in [4.69, 9.17) is 0 Å². The maximum atomic E-state index is 12.8. The molecule has 2 aliphatic rings. The average molecular weight is 305 g/mol. The third-order valence-electron chi connectivity index (χ3n) is 5.13. The molecule has 0 radical (unpaired) electrons. The van der Waals surface area contributed by atoms with E-state index in [0.29, 0.717) is 18.2 Å². The molecular weight excluding hydrogens is 282 g/mol. The van der Waals surface area contributed by atoms with Gasteiger partial charge in [-0.3, -0.25) is 9.48 Å². The van der Waals surface area contributed by atoms with Gasteiger partial charge in [-0.2, -0.15) is 5.10 Å². The molecule has 0 bridgehead atoms. The van der Waals surface area contributed by atoms with Gasteiger partial charge in [0.25, 0.3) is 5.91 Å². The quantitative estimate of drug-likeness (QED) is 0.925. The Labute approximate surface area is 130 Å². The molecule has 3 rings (SSSR count). The van der Waals surface area contributed by atoms with Gasteiger partial charge in [0.1, 0.15) is 6.04 Å². The third-order valence-corrected chi connectivity index (χ3v) is 5.13. The number of rotatable bonds is 3. The number of likely N-dealkylation sites (tertiary alicyclic amines) is 1. The molecular formula is C16H23N3O3. The predicted molar refractivity (Wildman–Crippen MR) is 80.6 cm³/mol. The summed E-state index contributed by atoms with van der Waals surface area (Å²) in [7, 11) is 1.82. The van der Waals surface area contributed by atoms with Crippen molar-refractivity contribution in [2.24, 2.45) is 18.9 Å². The van der Waals surface area contributed by atoms with E-state index in [1.165, 1.54) is 4.90 Å². The van der Waals surface area contributed by atoms with Crippen molar-refractivity contribution in [3.05, 3.63) is 17.5 Å². The number of carboxylic acids is 1. The summed E-state index contributed by atoms with van der Waals surface area (Å²) in [5.41, 5.74) is 1.34. The van der Waals surface area contributed by atoms with Crippen LogP contribution in [0.25, 0.3) is 0 Å². The minimum Gasteiger partial charge on any atom is -0.480 e. The second-order valence-corrected chi connectivity index (χ2v) is 6.83. The van der Waals surface area contributed by atoms with Crippen LogP contribution >= 0.6 is 0 Å². The number of hydrogen-bond donors (Lipinski definition) is 1. The third kappa shape index (κ3) is 2.30. The highest BCUT2D eigenvalue weighted by Crippen LogP contribution is 2.42. The van der Waals surface area contributed by atoms with Gasteiger partial charge in [-0.25, -0.2) is 4.79 Å². The molecule has 1 aliphatic heterocycles. The normalized spacial score (nSPS) is 27.5. The fourth-order valence-electron chi connectivity index (χ4n) is 4.10. The number of carbonyl (C=O) groups excluding carboxylic acids is 1. The van der Waals surface area contributed by atoms with Gasteiger partial charge in [-0.15, -0.1) is 0 Å². The van der Waals surface area contributed by atoms with Crippen LogP contribution in [-0.2, 0) is 11.8 Å². The lowest BCUT2D eigenvalue weighted by Gasteiger charge is -2.23. The topological polar surface area (TPSA) is 75.4 Å². The van der Waals surface area contributed by atoms with Crippen LogP contribution < -0.4 is 0 Å². The fourth-order valence-corrected chi connectivity index (χ4v) is 4.10. The van der Waals surface area contributed by atoms with Crippen LogP contribution in [-0.4, -0.2) is 44.3 Å². The molecule has 0 aromatic carbocycles. The lowest BCUT2D eigenvalue weighted by molar-refractivity contribution is -0.142. The monoisotopic (exact) mass is 305 g/mol. The predicted octanol–water partition coefficient (Wildman–Crippen LogP) is 1.87. The maximum Gasteiger partial charge on any atom is 0.326 e. The van der Waals surface area contributed by atoms with Gasteiger partial charge in [-0.05, 0) is 36.7 Å². The Morgan fingerprint density at radius 1 is 1.36 bits per heavy atom. The van der Waals surface area contributed by atoms with Crippen LogP contribution in [0.3, 0.4) is 0 Å². The maximum absolute atomic E-state index is 12.8. The number of nitrogens with zero attached hydrogens (tertiary/aromatic N) is 3. The van der Waals surface area contributed by atoms with E-state index in [1.807, 2.05) is 20.9 Å². The molecule has 6 nitrogen and oxygen atoms in total. The van der Waals surface area contributed by atoms with Gasteiger partial charge in [0, 0.05) is 19.3 Å². The number of carbonyl (C=O) groups is 2. The Morgan fingerprint density at radius 2 is 2.09 bits per heavy atom. The minimum absolute atomic E-state index is 0.106. The lowest BCUT2D eigenvalue weighted by Crippen LogP contribution is -2.43. The highest BCUT2D eigenvalue weighted by molar-refractivity contribution is 5.95. The molecule has 3 atom stereocenters. The number of aromatic nitrogens is 2. The summed E-state index contributed by atoms with van der Waals surface area (Å²) in [5.74, 6) is -0.424. The molecule has 2 heterocycles. The number of aliphatic carboxylic acids is 1. The van der Waals surface area contributed by atoms with Crippen LogP contribution in [0.2, 0.25) is 0 Å². The van der Waals surface area contributed by atoms with Crippen LogP contribution in [0.5, 0.6) is 0 Å². The minimum atomic E-state index is -0.886. The fraction of sp³-hybridized carbons (Fsp3) is 0.688. The van der Waals surface area contributed by atoms with Crippen molar-refractivity contribution in [3.8, 4) is 0 Å². The average Bonchev–Trinajstić information content (AvgIpc) is 3.09. The molecule has 1 amide bonds. The zero-order valence-electron chi connectivity index (χ0n) is 13.3. The van der Waals surface area contributed by atoms with Gasteiger partial charge < -0.3 is 10.0 Å². The summed E-state index contributed by atoms with van der Waals surface area (Å²) in [6.07, 6.45) is 3.00. The molecule has 1 saturated heterocycles. The van der Waals surface area contributed by atoms with Gasteiger partial charge in [0.15, 0.2) is 5.69 Å². The molecule has 1 aromatic rings. The molecule has 1 N–H and O–H groups in total. The van der Waals surface area contributed by atoms with E-state index in [2.05, 4.69) is 5.10 Å². The van der Waals surface area contributed by atoms with Crippen molar-refractivity contribution in [1.82, 2.24) is 14.7 Å². The highest BCUT2D eigenvalue weighted by atomic mass is 16.4. The van der Waals surface area contributed by atoms with Crippen LogP contribution in [0.15, 0.2) is 6.07 Å². The Hall–Kier alpha value is -1.85. The molecule has 120 valence electrons. The summed E-state index contributed by atoms with van der Waals surface area (Å²) in [6, 6.07) is 1.10. The standard InChI is InChI=1S/C16H23N3O3/c1-9(2)13-7-12(17-18(13)3)15(20)19-8-10-5-4-6-11(10)14(19)16(21)22/h7,9-11,14H,4-6,8H2,1-3H3,(H,21,22). The first-order chi connectivity index (χ1) is 10.4. The Kier molecular flexibility index (Phi) is 3.70. The zero-order chi connectivity index (χ0) is 16.0. The molecule has 1 saturated carbocycles. The summed E-state index contributed by atoms with van der Waals surface area (Å²) >= 11 is 0. The number of hydrogen-bond acceptors (Lipinski definition) is 3. The summed E-state index contributed by atoms with van der Waals surface area (Å²) in [6.45, 7) is 4.64. The van der Waals surface area contributed by atoms with E-state index in [1.54, 1.807) is 10.7 Å². The first-order valence-electron chi connectivity index (χ1n) is 7.98. The molecule has 1 aromatic heterocycles. The zero-order valence-corrected chi connectivity index (χ0v) is 13.3. The van der Waals surface area contributed by atoms with E-state index >= 15 is 0 Å². The van der Waals surface area contributed by atoms with Gasteiger partial charge in [-0.1, -0.05) is 20.3 Å². The number of amides is 1. The van der Waals surface area contributed by atoms with Crippen molar-refractivity contribution < 1.29 is 14.7 Å². The second kappa shape index (κ2) is 5.41. The first-order valence-corrected chi connectivity index (χ1v) is 7.98. The molecule has 6 heteroatoms. The van der Waals surface area contributed by atoms with Crippen molar-refractivity contribution >= 4 is 11.9 Å². The van der Waals surface area contributed by atoms with E-state index < -0.39 is 12.0 Å². The van der Waals surface area contributed by atoms with Crippen LogP contribution in [0.4, 0.5) is 0 Å². The van der Waals surface area contributed by atoms with Crippen molar-refractivity contribution in [2.45, 2.75) is 45.1 Å². The van der Waals surface area contributed by atoms with Gasteiger partial charge in [0.05, 0.1) is 0 Å². The molecule has 2 fully saturated rings. The smallest absolute Gasteiger partial charge is 0.326 e. The molecule has 1 aliphatic carbocycles. The summed E-state index contributed by atoms with van der Waals surface area (Å²) in [5, 5.41) is 13.9. The molecule has 22 heavy (non-hydrogen) atoms.